The zero-order valence-electron chi connectivity index (χ0n) is 17.0. The van der Waals surface area contributed by atoms with E-state index >= 15 is 0 Å². The molecule has 1 aliphatic rings. The van der Waals surface area contributed by atoms with Gasteiger partial charge in [-0.15, -0.1) is 44.3 Å². The van der Waals surface area contributed by atoms with E-state index in [1.165, 1.54) is 0 Å². The molecule has 0 aromatic rings. The lowest BCUT2D eigenvalue weighted by Gasteiger charge is -2.74. The van der Waals surface area contributed by atoms with Crippen molar-refractivity contribution in [2.45, 2.75) is 88.6 Å². The molecule has 0 spiro atoms. The predicted octanol–water partition coefficient (Wildman–Crippen LogP) is 8.95. The third-order valence-corrected chi connectivity index (χ3v) is 88.8. The molecule has 1 aliphatic heterocycles. The van der Waals surface area contributed by atoms with Gasteiger partial charge in [0.25, 0.3) is 12.7 Å². The van der Waals surface area contributed by atoms with Gasteiger partial charge in [-0.3, -0.25) is 0 Å². The Labute approximate surface area is 175 Å². The first-order chi connectivity index (χ1) is 10.2. The topological polar surface area (TPSA) is 0 Å². The van der Waals surface area contributed by atoms with Gasteiger partial charge in [0.05, 0.1) is 0 Å². The average molecular weight is 519 g/mol. The highest BCUT2D eigenvalue weighted by Crippen LogP contribution is 3.01. The number of rotatable bonds is 4. The molecule has 0 aromatic heterocycles. The maximum atomic E-state index is 7.48. The second-order valence-corrected chi connectivity index (χ2v) is 55.0. The summed E-state index contributed by atoms with van der Waals surface area (Å²) >= 11 is 29.9. The van der Waals surface area contributed by atoms with Crippen molar-refractivity contribution in [2.75, 3.05) is 0 Å². The molecule has 144 valence electrons. The Bertz CT molecular complexity index is 460. The molecule has 10 heteroatoms. The van der Waals surface area contributed by atoms with Crippen LogP contribution in [0.15, 0.2) is 0 Å². The lowest BCUT2D eigenvalue weighted by molar-refractivity contribution is 0.780. The van der Waals surface area contributed by atoms with Crippen molar-refractivity contribution in [3.63, 3.8) is 0 Å². The maximum Gasteiger partial charge on any atom is 0.278 e. The van der Waals surface area contributed by atoms with Gasteiger partial charge in [-0.05, 0) is 17.5 Å². The van der Waals surface area contributed by atoms with Gasteiger partial charge in [0, 0.05) is 20.1 Å². The van der Waals surface area contributed by atoms with E-state index in [-0.39, 0.29) is 16.7 Å². The molecule has 0 saturated carbocycles. The second kappa shape index (κ2) is 6.99. The van der Waals surface area contributed by atoms with Crippen LogP contribution in [0, 0.1) is 0 Å². The highest BCUT2D eigenvalue weighted by molar-refractivity contribution is 8.71. The Morgan fingerprint density at radius 1 is 0.833 bits per heavy atom. The molecule has 0 N–H and O–H groups in total. The van der Waals surface area contributed by atoms with Crippen LogP contribution >= 0.6 is 58.6 Å². The summed E-state index contributed by atoms with van der Waals surface area (Å²) in [6.07, 6.45) is -5.08. The summed E-state index contributed by atoms with van der Waals surface area (Å²) in [5, 5.41) is 0.199. The van der Waals surface area contributed by atoms with Gasteiger partial charge >= 0.3 is 0 Å². The van der Waals surface area contributed by atoms with E-state index in [1.54, 1.807) is 0 Å². The predicted molar refractivity (Wildman–Crippen MR) is 133 cm³/mol. The summed E-state index contributed by atoms with van der Waals surface area (Å²) < 4.78 is -0.0430. The Morgan fingerprint density at radius 3 is 1.29 bits per heavy atom. The SMILES string of the molecule is CC(C)P(P1[Si](Cl)(Cl)C([Si](C)(C)C)([Si](C)(C)C)[Si]1(Cl)Cl)C(C)(C)C. The van der Waals surface area contributed by atoms with Crippen LogP contribution in [0.1, 0.15) is 34.6 Å². The van der Waals surface area contributed by atoms with Crippen molar-refractivity contribution in [1.82, 2.24) is 0 Å². The van der Waals surface area contributed by atoms with E-state index in [0.717, 1.165) is 0 Å². The molecule has 0 radical (unpaired) electrons. The first-order valence-corrected chi connectivity index (χ1v) is 28.7. The van der Waals surface area contributed by atoms with Crippen molar-refractivity contribution in [3.05, 3.63) is 0 Å². The fourth-order valence-electron chi connectivity index (χ4n) is 5.13. The number of halogens is 4. The molecule has 0 bridgehead atoms. The molecule has 1 atom stereocenters. The van der Waals surface area contributed by atoms with Gasteiger partial charge in [0.15, 0.2) is 0 Å². The van der Waals surface area contributed by atoms with Gasteiger partial charge in [-0.1, -0.05) is 81.5 Å². The van der Waals surface area contributed by atoms with E-state index < -0.39 is 35.6 Å². The summed E-state index contributed by atoms with van der Waals surface area (Å²) in [6.45, 7) is 25.5. The molecule has 1 fully saturated rings. The quantitative estimate of drug-likeness (QED) is 0.198. The van der Waals surface area contributed by atoms with Crippen molar-refractivity contribution in [1.29, 1.82) is 0 Å². The number of hydrogen-bond acceptors (Lipinski definition) is 0. The molecule has 1 heterocycles. The normalized spacial score (nSPS) is 25.5. The van der Waals surface area contributed by atoms with Crippen LogP contribution in [0.2, 0.25) is 43.2 Å². The van der Waals surface area contributed by atoms with Gasteiger partial charge in [0.2, 0.25) is 0 Å². The summed E-state index contributed by atoms with van der Waals surface area (Å²) in [5.41, 5.74) is 0.570. The van der Waals surface area contributed by atoms with Crippen LogP contribution in [0.4, 0.5) is 0 Å². The zero-order chi connectivity index (χ0) is 19.7. The molecule has 0 aliphatic carbocycles. The highest BCUT2D eigenvalue weighted by atomic mass is 35.7. The lowest BCUT2D eigenvalue weighted by Crippen LogP contribution is -2.80. The van der Waals surface area contributed by atoms with E-state index in [2.05, 4.69) is 73.9 Å². The van der Waals surface area contributed by atoms with Gasteiger partial charge in [-0.25, -0.2) is 0 Å². The van der Waals surface area contributed by atoms with Crippen molar-refractivity contribution >= 4 is 87.5 Å². The van der Waals surface area contributed by atoms with E-state index in [0.29, 0.717) is 5.66 Å². The zero-order valence-corrected chi connectivity index (χ0v) is 25.8. The van der Waals surface area contributed by atoms with Crippen LogP contribution in [-0.4, -0.2) is 39.7 Å². The Kier molecular flexibility index (Phi) is 7.26. The highest BCUT2D eigenvalue weighted by Gasteiger charge is 2.90. The smallest absolute Gasteiger partial charge is 0.140 e. The summed E-state index contributed by atoms with van der Waals surface area (Å²) in [5.74, 6) is 0. The first kappa shape index (κ1) is 24.9. The molecular formula is C14H34Cl4P2Si4. The summed E-state index contributed by atoms with van der Waals surface area (Å²) in [6, 6.07) is 0. The van der Waals surface area contributed by atoms with E-state index in [1.807, 2.05) is 0 Å². The molecule has 1 rings (SSSR count). The van der Waals surface area contributed by atoms with Crippen LogP contribution in [0.5, 0.6) is 0 Å². The second-order valence-electron chi connectivity index (χ2n) is 10.3. The molecular weight excluding hydrogens is 484 g/mol. The van der Waals surface area contributed by atoms with Gasteiger partial charge in [0.1, 0.15) is 0 Å². The van der Waals surface area contributed by atoms with Gasteiger partial charge in [-0.2, -0.15) is 0 Å². The molecule has 24 heavy (non-hydrogen) atoms. The van der Waals surface area contributed by atoms with Crippen LogP contribution in [0.3, 0.4) is 0 Å². The molecule has 0 amide bonds. The fourth-order valence-corrected chi connectivity index (χ4v) is 149. The Morgan fingerprint density at radius 2 is 1.12 bits per heavy atom. The molecule has 0 nitrogen and oxygen atoms in total. The first-order valence-electron chi connectivity index (χ1n) is 8.54. The minimum absolute atomic E-state index is 0.0430. The fraction of sp³-hybridized carbons (Fsp3) is 1.00. The van der Waals surface area contributed by atoms with E-state index in [4.69, 9.17) is 44.3 Å². The van der Waals surface area contributed by atoms with Gasteiger partial charge < -0.3 is 0 Å². The minimum Gasteiger partial charge on any atom is -0.140 e. The van der Waals surface area contributed by atoms with Crippen LogP contribution in [-0.2, 0) is 0 Å². The van der Waals surface area contributed by atoms with E-state index in [9.17, 15) is 0 Å². The lowest BCUT2D eigenvalue weighted by atomic mass is 10.3. The molecule has 0 aromatic carbocycles. The number of hydrogen-bond donors (Lipinski definition) is 0. The minimum atomic E-state index is -2.54. The molecule has 1 unspecified atom stereocenters. The third kappa shape index (κ3) is 3.37. The third-order valence-electron chi connectivity index (χ3n) is 5.08. The van der Waals surface area contributed by atoms with Crippen LogP contribution in [0.25, 0.3) is 0 Å². The standard InChI is InChI=1S/C14H34Cl4P2Si4/c1-12(2)19(13(3,4)5)20-23(15,16)14(21(6,7)8,22(9,10)11)24(20,17)18/h12H,1-11H3. The maximum absolute atomic E-state index is 7.48. The monoisotopic (exact) mass is 516 g/mol. The van der Waals surface area contributed by atoms with Crippen molar-refractivity contribution in [2.24, 2.45) is 0 Å². The largest absolute Gasteiger partial charge is 0.278 e. The Balaban J connectivity index is 3.71. The van der Waals surface area contributed by atoms with Crippen molar-refractivity contribution in [3.8, 4) is 0 Å². The average Bonchev–Trinajstić information content (AvgIpc) is 2.17. The summed E-state index contributed by atoms with van der Waals surface area (Å²) in [7, 11) is -3.81. The molecule has 1 saturated heterocycles. The van der Waals surface area contributed by atoms with Crippen molar-refractivity contribution < 1.29 is 0 Å². The summed E-state index contributed by atoms with van der Waals surface area (Å²) in [4.78, 5) is 0. The van der Waals surface area contributed by atoms with Crippen LogP contribution < -0.4 is 0 Å². The Hall–Kier alpha value is 2.89.